The number of hydrogen-bond donors (Lipinski definition) is 0. The van der Waals surface area contributed by atoms with Gasteiger partial charge in [0.1, 0.15) is 5.60 Å². The van der Waals surface area contributed by atoms with Crippen LogP contribution in [0.5, 0.6) is 0 Å². The van der Waals surface area contributed by atoms with Gasteiger partial charge in [-0.05, 0) is 93.5 Å². The monoisotopic (exact) mass is 354 g/mol. The second kappa shape index (κ2) is 5.49. The molecule has 0 amide bonds. The van der Waals surface area contributed by atoms with Gasteiger partial charge in [0, 0.05) is 11.8 Å². The van der Waals surface area contributed by atoms with E-state index in [0.717, 1.165) is 30.6 Å². The summed E-state index contributed by atoms with van der Waals surface area (Å²) >= 11 is 0. The van der Waals surface area contributed by atoms with E-state index in [1.165, 1.54) is 44.9 Å². The van der Waals surface area contributed by atoms with Crippen molar-refractivity contribution in [1.29, 1.82) is 0 Å². The van der Waals surface area contributed by atoms with E-state index in [9.17, 15) is 4.79 Å². The van der Waals surface area contributed by atoms with Gasteiger partial charge in [0.25, 0.3) is 0 Å². The third-order valence-electron chi connectivity index (χ3n) is 9.61. The molecule has 3 fully saturated rings. The minimum atomic E-state index is -0.123. The van der Waals surface area contributed by atoms with Crippen LogP contribution in [0.4, 0.5) is 0 Å². The van der Waals surface area contributed by atoms with Crippen molar-refractivity contribution in [3.8, 4) is 0 Å². The van der Waals surface area contributed by atoms with Crippen LogP contribution in [0.1, 0.15) is 85.0 Å². The molecule has 0 aromatic heterocycles. The molecule has 0 N–H and O–H groups in total. The third kappa shape index (κ3) is 1.97. The van der Waals surface area contributed by atoms with Gasteiger partial charge in [-0.3, -0.25) is 4.79 Å². The smallest absolute Gasteiger partial charge is 0.306 e. The standard InChI is InChI=1S/C24H34O2/c1-4-23-12-8-19-18(6-5-17-15-16(2)7-11-22(17,19)3)20(23)9-13-24(23)14-10-21(25)26-24/h5,15,18-20H,4,6-14H2,1-3H3/t18-,19?,20?,22+,23+,24-/m1/s1. The molecule has 0 aromatic carbocycles. The summed E-state index contributed by atoms with van der Waals surface area (Å²) in [4.78, 5) is 12.1. The number of fused-ring (bicyclic) bond motifs is 6. The van der Waals surface area contributed by atoms with Crippen LogP contribution in [0, 0.1) is 28.6 Å². The zero-order valence-electron chi connectivity index (χ0n) is 16.8. The van der Waals surface area contributed by atoms with Crippen molar-refractivity contribution in [3.63, 3.8) is 0 Å². The maximum Gasteiger partial charge on any atom is 0.306 e. The molecule has 1 aliphatic heterocycles. The molecule has 6 atom stereocenters. The number of esters is 1. The number of allylic oxidation sites excluding steroid dienone is 4. The lowest BCUT2D eigenvalue weighted by Gasteiger charge is -2.59. The predicted molar refractivity (Wildman–Crippen MR) is 104 cm³/mol. The molecule has 26 heavy (non-hydrogen) atoms. The van der Waals surface area contributed by atoms with E-state index in [4.69, 9.17) is 4.74 Å². The minimum absolute atomic E-state index is 0.0614. The number of hydrogen-bond acceptors (Lipinski definition) is 2. The van der Waals surface area contributed by atoms with E-state index >= 15 is 0 Å². The molecule has 2 saturated carbocycles. The van der Waals surface area contributed by atoms with Crippen molar-refractivity contribution >= 4 is 5.97 Å². The summed E-state index contributed by atoms with van der Waals surface area (Å²) in [5.41, 5.74) is 3.70. The van der Waals surface area contributed by atoms with E-state index in [-0.39, 0.29) is 17.0 Å². The highest BCUT2D eigenvalue weighted by Gasteiger charge is 2.67. The Morgan fingerprint density at radius 3 is 2.65 bits per heavy atom. The lowest BCUT2D eigenvalue weighted by Crippen LogP contribution is -2.55. The van der Waals surface area contributed by atoms with Crippen molar-refractivity contribution in [2.75, 3.05) is 0 Å². The van der Waals surface area contributed by atoms with Crippen molar-refractivity contribution in [1.82, 2.24) is 0 Å². The Morgan fingerprint density at radius 2 is 1.92 bits per heavy atom. The first-order valence-corrected chi connectivity index (χ1v) is 11.0. The van der Waals surface area contributed by atoms with Crippen molar-refractivity contribution in [2.45, 2.75) is 90.6 Å². The summed E-state index contributed by atoms with van der Waals surface area (Å²) in [6.45, 7) is 7.22. The molecule has 0 radical (unpaired) electrons. The van der Waals surface area contributed by atoms with Gasteiger partial charge in [0.05, 0.1) is 0 Å². The number of carbonyl (C=O) groups excluding carboxylic acids is 1. The molecule has 5 aliphatic rings. The second-order valence-electron chi connectivity index (χ2n) is 10.2. The fourth-order valence-corrected chi connectivity index (χ4v) is 8.29. The van der Waals surface area contributed by atoms with Gasteiger partial charge >= 0.3 is 5.97 Å². The highest BCUT2D eigenvalue weighted by molar-refractivity contribution is 5.72. The van der Waals surface area contributed by atoms with E-state index in [1.807, 2.05) is 0 Å². The average molecular weight is 355 g/mol. The van der Waals surface area contributed by atoms with E-state index in [0.29, 0.717) is 11.8 Å². The highest BCUT2D eigenvalue weighted by atomic mass is 16.6. The van der Waals surface area contributed by atoms with Crippen molar-refractivity contribution in [3.05, 3.63) is 23.3 Å². The molecule has 5 rings (SSSR count). The maximum absolute atomic E-state index is 12.1. The number of ether oxygens (including phenoxy) is 1. The summed E-state index contributed by atoms with van der Waals surface area (Å²) in [7, 11) is 0. The van der Waals surface area contributed by atoms with E-state index in [1.54, 1.807) is 11.1 Å². The topological polar surface area (TPSA) is 26.3 Å². The Labute approximate surface area is 158 Å². The van der Waals surface area contributed by atoms with E-state index in [2.05, 4.69) is 32.9 Å². The molecular weight excluding hydrogens is 320 g/mol. The summed E-state index contributed by atoms with van der Waals surface area (Å²) in [5, 5.41) is 0. The van der Waals surface area contributed by atoms with Crippen LogP contribution in [-0.2, 0) is 9.53 Å². The van der Waals surface area contributed by atoms with Crippen molar-refractivity contribution in [2.24, 2.45) is 28.6 Å². The molecule has 4 aliphatic carbocycles. The Kier molecular flexibility index (Phi) is 3.60. The summed E-state index contributed by atoms with van der Waals surface area (Å²) in [6, 6.07) is 0. The zero-order chi connectivity index (χ0) is 18.2. The van der Waals surface area contributed by atoms with E-state index < -0.39 is 0 Å². The molecule has 0 aromatic rings. The summed E-state index contributed by atoms with van der Waals surface area (Å²) < 4.78 is 6.14. The lowest BCUT2D eigenvalue weighted by atomic mass is 9.46. The van der Waals surface area contributed by atoms with Gasteiger partial charge in [-0.1, -0.05) is 31.6 Å². The molecule has 1 heterocycles. The Bertz CT molecular complexity index is 703. The Balaban J connectivity index is 1.53. The van der Waals surface area contributed by atoms with Gasteiger partial charge in [-0.15, -0.1) is 0 Å². The fourth-order valence-electron chi connectivity index (χ4n) is 8.29. The first kappa shape index (κ1) is 17.1. The largest absolute Gasteiger partial charge is 0.458 e. The molecule has 2 unspecified atom stereocenters. The molecule has 142 valence electrons. The highest BCUT2D eigenvalue weighted by Crippen LogP contribution is 2.70. The number of carbonyl (C=O) groups is 1. The van der Waals surface area contributed by atoms with Gasteiger partial charge in [0.2, 0.25) is 0 Å². The van der Waals surface area contributed by atoms with Gasteiger partial charge in [-0.25, -0.2) is 0 Å². The Morgan fingerprint density at radius 1 is 1.12 bits per heavy atom. The van der Waals surface area contributed by atoms with Gasteiger partial charge in [-0.2, -0.15) is 0 Å². The Hall–Kier alpha value is -1.05. The fraction of sp³-hybridized carbons (Fsp3) is 0.792. The molecule has 2 heteroatoms. The van der Waals surface area contributed by atoms with Crippen LogP contribution >= 0.6 is 0 Å². The van der Waals surface area contributed by atoms with Gasteiger partial charge in [0.15, 0.2) is 0 Å². The minimum Gasteiger partial charge on any atom is -0.458 e. The SMILES string of the molecule is CC[C@]12CCC3[C@@H](CC=C4C=C(C)CC[C@@]43C)C1CC[C@@]21CCC(=O)O1. The van der Waals surface area contributed by atoms with Crippen LogP contribution in [0.25, 0.3) is 0 Å². The average Bonchev–Trinajstić information content (AvgIpc) is 3.17. The molecular formula is C24H34O2. The zero-order valence-corrected chi connectivity index (χ0v) is 16.8. The van der Waals surface area contributed by atoms with Crippen molar-refractivity contribution < 1.29 is 9.53 Å². The van der Waals surface area contributed by atoms with Crippen LogP contribution in [0.2, 0.25) is 0 Å². The summed E-state index contributed by atoms with van der Waals surface area (Å²) in [5.74, 6) is 2.43. The third-order valence-corrected chi connectivity index (χ3v) is 9.61. The normalized spacial score (nSPS) is 49.8. The van der Waals surface area contributed by atoms with Crippen LogP contribution < -0.4 is 0 Å². The van der Waals surface area contributed by atoms with Crippen LogP contribution in [0.15, 0.2) is 23.3 Å². The quantitative estimate of drug-likeness (QED) is 0.542. The molecule has 1 saturated heterocycles. The van der Waals surface area contributed by atoms with Crippen LogP contribution in [-0.4, -0.2) is 11.6 Å². The van der Waals surface area contributed by atoms with Gasteiger partial charge < -0.3 is 4.74 Å². The number of rotatable bonds is 1. The lowest BCUT2D eigenvalue weighted by molar-refractivity contribution is -0.170. The summed E-state index contributed by atoms with van der Waals surface area (Å²) in [6.07, 6.45) is 16.7. The molecule has 1 spiro atoms. The second-order valence-corrected chi connectivity index (χ2v) is 10.2. The molecule has 0 bridgehead atoms. The first-order valence-electron chi connectivity index (χ1n) is 11.0. The first-order chi connectivity index (χ1) is 12.4. The molecule has 2 nitrogen and oxygen atoms in total. The van der Waals surface area contributed by atoms with Crippen LogP contribution in [0.3, 0.4) is 0 Å². The predicted octanol–water partition coefficient (Wildman–Crippen LogP) is 5.97. The maximum atomic E-state index is 12.1.